The van der Waals surface area contributed by atoms with Gasteiger partial charge in [-0.1, -0.05) is 31.0 Å². The van der Waals surface area contributed by atoms with Crippen molar-refractivity contribution in [2.75, 3.05) is 12.4 Å². The standard InChI is InChI=1S/C14H20N2O2/c1-16(12-9-5-6-10-13(12)17)14(18)15-11-7-3-2-4-8-11/h2-4,7-8,12-13,17H,5-6,9-10H2,1H3,(H,15,18)/t12-,13-/m1/s1. The van der Waals surface area contributed by atoms with Crippen molar-refractivity contribution >= 4 is 11.7 Å². The Kier molecular flexibility index (Phi) is 4.20. The highest BCUT2D eigenvalue weighted by Crippen LogP contribution is 2.22. The predicted molar refractivity (Wildman–Crippen MR) is 71.5 cm³/mol. The molecular weight excluding hydrogens is 228 g/mol. The Bertz CT molecular complexity index is 394. The van der Waals surface area contributed by atoms with Crippen LogP contribution in [0.3, 0.4) is 0 Å². The SMILES string of the molecule is CN(C(=O)Nc1ccccc1)[C@@H]1CCCC[C@H]1O. The highest BCUT2D eigenvalue weighted by molar-refractivity contribution is 5.89. The van der Waals surface area contributed by atoms with Crippen molar-refractivity contribution in [2.45, 2.75) is 37.8 Å². The molecule has 1 aliphatic carbocycles. The molecule has 1 fully saturated rings. The van der Waals surface area contributed by atoms with Crippen LogP contribution in [0, 0.1) is 0 Å². The Morgan fingerprint density at radius 1 is 1.28 bits per heavy atom. The van der Waals surface area contributed by atoms with Gasteiger partial charge in [0, 0.05) is 12.7 Å². The van der Waals surface area contributed by atoms with Crippen LogP contribution in [0.15, 0.2) is 30.3 Å². The number of hydrogen-bond donors (Lipinski definition) is 2. The average molecular weight is 248 g/mol. The van der Waals surface area contributed by atoms with E-state index in [2.05, 4.69) is 5.32 Å². The summed E-state index contributed by atoms with van der Waals surface area (Å²) in [7, 11) is 1.75. The van der Waals surface area contributed by atoms with Gasteiger partial charge >= 0.3 is 6.03 Å². The molecule has 1 aromatic carbocycles. The van der Waals surface area contributed by atoms with Gasteiger partial charge in [0.25, 0.3) is 0 Å². The van der Waals surface area contributed by atoms with Gasteiger partial charge in [0.05, 0.1) is 12.1 Å². The van der Waals surface area contributed by atoms with Gasteiger partial charge in [-0.05, 0) is 25.0 Å². The second-order valence-electron chi connectivity index (χ2n) is 4.83. The molecule has 98 valence electrons. The summed E-state index contributed by atoms with van der Waals surface area (Å²) in [5, 5.41) is 12.8. The fourth-order valence-electron chi connectivity index (χ4n) is 2.43. The molecule has 2 rings (SSSR count). The van der Waals surface area contributed by atoms with Crippen LogP contribution in [0.25, 0.3) is 0 Å². The Morgan fingerprint density at radius 2 is 1.94 bits per heavy atom. The topological polar surface area (TPSA) is 52.6 Å². The Hall–Kier alpha value is -1.55. The number of anilines is 1. The molecule has 0 bridgehead atoms. The molecule has 0 unspecified atom stereocenters. The Balaban J connectivity index is 1.96. The van der Waals surface area contributed by atoms with Gasteiger partial charge in [-0.3, -0.25) is 0 Å². The minimum Gasteiger partial charge on any atom is -0.391 e. The number of hydrogen-bond acceptors (Lipinski definition) is 2. The van der Waals surface area contributed by atoms with Crippen molar-refractivity contribution in [2.24, 2.45) is 0 Å². The number of amides is 2. The highest BCUT2D eigenvalue weighted by Gasteiger charge is 2.29. The molecule has 0 spiro atoms. The van der Waals surface area contributed by atoms with Crippen LogP contribution in [0.1, 0.15) is 25.7 Å². The molecule has 4 nitrogen and oxygen atoms in total. The predicted octanol–water partition coefficient (Wildman–Crippen LogP) is 2.45. The van der Waals surface area contributed by atoms with Gasteiger partial charge in [-0.25, -0.2) is 4.79 Å². The number of likely N-dealkylation sites (N-methyl/N-ethyl adjacent to an activating group) is 1. The molecule has 4 heteroatoms. The quantitative estimate of drug-likeness (QED) is 0.844. The summed E-state index contributed by atoms with van der Waals surface area (Å²) in [6.45, 7) is 0. The first kappa shape index (κ1) is 12.9. The molecule has 1 aliphatic rings. The van der Waals surface area contributed by atoms with E-state index in [1.807, 2.05) is 30.3 Å². The van der Waals surface area contributed by atoms with Crippen LogP contribution in [0.2, 0.25) is 0 Å². The lowest BCUT2D eigenvalue weighted by molar-refractivity contribution is 0.0494. The molecule has 18 heavy (non-hydrogen) atoms. The van der Waals surface area contributed by atoms with Crippen molar-refractivity contribution in [3.8, 4) is 0 Å². The summed E-state index contributed by atoms with van der Waals surface area (Å²) in [6.07, 6.45) is 3.38. The monoisotopic (exact) mass is 248 g/mol. The number of rotatable bonds is 2. The van der Waals surface area contributed by atoms with Crippen LogP contribution in [-0.4, -0.2) is 35.2 Å². The minimum atomic E-state index is -0.398. The summed E-state index contributed by atoms with van der Waals surface area (Å²) in [6, 6.07) is 9.14. The summed E-state index contributed by atoms with van der Waals surface area (Å²) < 4.78 is 0. The number of urea groups is 1. The molecule has 0 radical (unpaired) electrons. The van der Waals surface area contributed by atoms with Crippen molar-refractivity contribution in [1.82, 2.24) is 4.90 Å². The molecule has 0 saturated heterocycles. The van der Waals surface area contributed by atoms with Crippen LogP contribution < -0.4 is 5.32 Å². The van der Waals surface area contributed by atoms with E-state index in [4.69, 9.17) is 0 Å². The summed E-state index contributed by atoms with van der Waals surface area (Å²) in [5.74, 6) is 0. The van der Waals surface area contributed by atoms with Gasteiger partial charge < -0.3 is 15.3 Å². The summed E-state index contributed by atoms with van der Waals surface area (Å²) >= 11 is 0. The van der Waals surface area contributed by atoms with E-state index in [1.165, 1.54) is 0 Å². The van der Waals surface area contributed by atoms with Gasteiger partial charge in [-0.2, -0.15) is 0 Å². The molecule has 0 heterocycles. The van der Waals surface area contributed by atoms with E-state index in [0.29, 0.717) is 0 Å². The maximum atomic E-state index is 12.1. The maximum Gasteiger partial charge on any atom is 0.321 e. The van der Waals surface area contributed by atoms with Crippen molar-refractivity contribution < 1.29 is 9.90 Å². The van der Waals surface area contributed by atoms with Crippen LogP contribution in [-0.2, 0) is 0 Å². The van der Waals surface area contributed by atoms with Gasteiger partial charge in [0.2, 0.25) is 0 Å². The zero-order valence-electron chi connectivity index (χ0n) is 10.7. The first-order chi connectivity index (χ1) is 8.68. The maximum absolute atomic E-state index is 12.1. The minimum absolute atomic E-state index is 0.0672. The van der Waals surface area contributed by atoms with E-state index < -0.39 is 6.10 Å². The number of nitrogens with zero attached hydrogens (tertiary/aromatic N) is 1. The normalized spacial score (nSPS) is 23.4. The second kappa shape index (κ2) is 5.87. The summed E-state index contributed by atoms with van der Waals surface area (Å²) in [4.78, 5) is 13.7. The summed E-state index contributed by atoms with van der Waals surface area (Å²) in [5.41, 5.74) is 0.777. The van der Waals surface area contributed by atoms with Crippen LogP contribution in [0.5, 0.6) is 0 Å². The van der Waals surface area contributed by atoms with E-state index in [0.717, 1.165) is 31.4 Å². The highest BCUT2D eigenvalue weighted by atomic mass is 16.3. The third-order valence-corrected chi connectivity index (χ3v) is 3.54. The third-order valence-electron chi connectivity index (χ3n) is 3.54. The fraction of sp³-hybridized carbons (Fsp3) is 0.500. The zero-order valence-corrected chi connectivity index (χ0v) is 10.7. The number of nitrogens with one attached hydrogen (secondary N) is 1. The number of aliphatic hydroxyl groups is 1. The second-order valence-corrected chi connectivity index (χ2v) is 4.83. The zero-order chi connectivity index (χ0) is 13.0. The van der Waals surface area contributed by atoms with E-state index in [-0.39, 0.29) is 12.1 Å². The number of benzene rings is 1. The smallest absolute Gasteiger partial charge is 0.321 e. The van der Waals surface area contributed by atoms with Crippen molar-refractivity contribution in [3.05, 3.63) is 30.3 Å². The molecule has 0 aliphatic heterocycles. The van der Waals surface area contributed by atoms with Crippen molar-refractivity contribution in [3.63, 3.8) is 0 Å². The molecular formula is C14H20N2O2. The average Bonchev–Trinajstić information content (AvgIpc) is 2.39. The molecule has 0 aromatic heterocycles. The lowest BCUT2D eigenvalue weighted by Crippen LogP contribution is -2.47. The fourth-order valence-corrected chi connectivity index (χ4v) is 2.43. The van der Waals surface area contributed by atoms with E-state index in [1.54, 1.807) is 11.9 Å². The molecule has 1 aromatic rings. The number of aliphatic hydroxyl groups excluding tert-OH is 1. The van der Waals surface area contributed by atoms with Gasteiger partial charge in [0.1, 0.15) is 0 Å². The number of carbonyl (C=O) groups excluding carboxylic acids is 1. The van der Waals surface area contributed by atoms with Crippen LogP contribution >= 0.6 is 0 Å². The molecule has 2 N–H and O–H groups in total. The third kappa shape index (κ3) is 3.01. The van der Waals surface area contributed by atoms with E-state index >= 15 is 0 Å². The van der Waals surface area contributed by atoms with E-state index in [9.17, 15) is 9.90 Å². The first-order valence-corrected chi connectivity index (χ1v) is 6.45. The largest absolute Gasteiger partial charge is 0.391 e. The number of carbonyl (C=O) groups is 1. The van der Waals surface area contributed by atoms with Gasteiger partial charge in [-0.15, -0.1) is 0 Å². The lowest BCUT2D eigenvalue weighted by atomic mass is 9.92. The number of para-hydroxylation sites is 1. The van der Waals surface area contributed by atoms with Gasteiger partial charge in [0.15, 0.2) is 0 Å². The Morgan fingerprint density at radius 3 is 2.61 bits per heavy atom. The molecule has 1 saturated carbocycles. The lowest BCUT2D eigenvalue weighted by Gasteiger charge is -2.35. The van der Waals surface area contributed by atoms with Crippen LogP contribution in [0.4, 0.5) is 10.5 Å². The van der Waals surface area contributed by atoms with Crippen molar-refractivity contribution in [1.29, 1.82) is 0 Å². The molecule has 2 atom stereocenters. The Labute approximate surface area is 108 Å². The first-order valence-electron chi connectivity index (χ1n) is 6.45. The molecule has 2 amide bonds.